The van der Waals surface area contributed by atoms with Crippen LogP contribution >= 0.6 is 0 Å². The zero-order chi connectivity index (χ0) is 13.9. The van der Waals surface area contributed by atoms with Gasteiger partial charge in [-0.2, -0.15) is 13.2 Å². The van der Waals surface area contributed by atoms with Crippen LogP contribution < -0.4 is 4.74 Å². The fourth-order valence-electron chi connectivity index (χ4n) is 1.03. The van der Waals surface area contributed by atoms with Crippen molar-refractivity contribution < 1.29 is 36.6 Å². The Labute approximate surface area is 98.1 Å². The highest BCUT2D eigenvalue weighted by Gasteiger charge is 2.35. The van der Waals surface area contributed by atoms with Crippen molar-refractivity contribution in [3.05, 3.63) is 29.6 Å². The van der Waals surface area contributed by atoms with Gasteiger partial charge < -0.3 is 9.47 Å². The second-order valence-corrected chi connectivity index (χ2v) is 3.00. The zero-order valence-corrected chi connectivity index (χ0v) is 8.88. The van der Waals surface area contributed by atoms with E-state index in [0.717, 1.165) is 19.2 Å². The van der Waals surface area contributed by atoms with Crippen molar-refractivity contribution >= 4 is 11.9 Å². The topological polar surface area (TPSA) is 52.6 Å². The molecule has 8 heteroatoms. The molecule has 0 bridgehead atoms. The average Bonchev–Trinajstić information content (AvgIpc) is 2.29. The van der Waals surface area contributed by atoms with Crippen molar-refractivity contribution in [2.45, 2.75) is 6.18 Å². The highest BCUT2D eigenvalue weighted by Crippen LogP contribution is 2.34. The number of alkyl halides is 3. The number of methoxy groups -OCH3 is 1. The molecule has 0 aliphatic carbocycles. The molecule has 0 amide bonds. The number of esters is 2. The van der Waals surface area contributed by atoms with Gasteiger partial charge in [-0.05, 0) is 12.1 Å². The van der Waals surface area contributed by atoms with Crippen LogP contribution in [0.3, 0.4) is 0 Å². The van der Waals surface area contributed by atoms with Crippen molar-refractivity contribution in [2.75, 3.05) is 7.11 Å². The molecule has 0 radical (unpaired) electrons. The van der Waals surface area contributed by atoms with Gasteiger partial charge >= 0.3 is 18.1 Å². The Kier molecular flexibility index (Phi) is 3.89. The van der Waals surface area contributed by atoms with E-state index in [1.165, 1.54) is 0 Å². The molecule has 0 spiro atoms. The molecule has 1 aromatic rings. The van der Waals surface area contributed by atoms with E-state index in [1.807, 2.05) is 0 Å². The van der Waals surface area contributed by atoms with Crippen LogP contribution in [0.2, 0.25) is 0 Å². The van der Waals surface area contributed by atoms with Crippen LogP contribution in [-0.4, -0.2) is 19.0 Å². The summed E-state index contributed by atoms with van der Waals surface area (Å²) in [6, 6.07) is 2.10. The minimum atomic E-state index is -4.93. The number of halogens is 4. The summed E-state index contributed by atoms with van der Waals surface area (Å²) < 4.78 is 58.4. The molecule has 0 aromatic heterocycles. The van der Waals surface area contributed by atoms with Crippen LogP contribution in [0.1, 0.15) is 5.56 Å². The minimum absolute atomic E-state index is 0.477. The van der Waals surface area contributed by atoms with E-state index in [1.54, 1.807) is 0 Å². The molecule has 0 heterocycles. The fraction of sp³-hybridized carbons (Fsp3) is 0.200. The van der Waals surface area contributed by atoms with Crippen molar-refractivity contribution in [2.24, 2.45) is 0 Å². The van der Waals surface area contributed by atoms with Gasteiger partial charge in [-0.3, -0.25) is 0 Å². The molecule has 0 aliphatic heterocycles. The summed E-state index contributed by atoms with van der Waals surface area (Å²) in [5, 5.41) is 0. The van der Waals surface area contributed by atoms with Crippen LogP contribution in [0.4, 0.5) is 17.6 Å². The van der Waals surface area contributed by atoms with Crippen molar-refractivity contribution in [1.29, 1.82) is 0 Å². The minimum Gasteiger partial charge on any atom is -0.461 e. The summed E-state index contributed by atoms with van der Waals surface area (Å²) in [5.41, 5.74) is -1.60. The third-order valence-electron chi connectivity index (χ3n) is 1.82. The number of carbonyl (C=O) groups is 2. The third kappa shape index (κ3) is 2.96. The predicted molar refractivity (Wildman–Crippen MR) is 49.1 cm³/mol. The molecule has 0 saturated carbocycles. The molecule has 1 rings (SSSR count). The van der Waals surface area contributed by atoms with Crippen molar-refractivity contribution in [3.8, 4) is 5.75 Å². The second-order valence-electron chi connectivity index (χ2n) is 3.00. The van der Waals surface area contributed by atoms with Gasteiger partial charge in [0.1, 0.15) is 0 Å². The largest absolute Gasteiger partial charge is 0.461 e. The summed E-state index contributed by atoms with van der Waals surface area (Å²) in [7, 11) is 0.867. The monoisotopic (exact) mass is 266 g/mol. The molecule has 0 unspecified atom stereocenters. The summed E-state index contributed by atoms with van der Waals surface area (Å²) in [5.74, 6) is -5.84. The Hall–Kier alpha value is -2.12. The Morgan fingerprint density at radius 1 is 1.17 bits per heavy atom. The Bertz CT molecular complexity index is 481. The zero-order valence-electron chi connectivity index (χ0n) is 8.88. The lowest BCUT2D eigenvalue weighted by atomic mass is 10.2. The number of carbonyl (C=O) groups excluding carboxylic acids is 2. The number of rotatable bonds is 1. The maximum atomic E-state index is 13.3. The molecule has 0 N–H and O–H groups in total. The second kappa shape index (κ2) is 5.03. The first-order valence-corrected chi connectivity index (χ1v) is 4.43. The first-order valence-electron chi connectivity index (χ1n) is 4.43. The third-order valence-corrected chi connectivity index (χ3v) is 1.82. The Morgan fingerprint density at radius 2 is 1.78 bits per heavy atom. The standard InChI is InChI=1S/C10H6F4O4/c1-17-8(15)9(16)18-6-4-2-3-5(7(6)11)10(12,13)14/h2-4H,1H3. The molecular weight excluding hydrogens is 260 g/mol. The van der Waals surface area contributed by atoms with Crippen LogP contribution in [0.15, 0.2) is 18.2 Å². The van der Waals surface area contributed by atoms with Gasteiger partial charge in [0, 0.05) is 0 Å². The predicted octanol–water partition coefficient (Wildman–Crippen LogP) is 1.92. The van der Waals surface area contributed by atoms with Gasteiger partial charge in [-0.25, -0.2) is 14.0 Å². The highest BCUT2D eigenvalue weighted by atomic mass is 19.4. The van der Waals surface area contributed by atoms with E-state index in [9.17, 15) is 27.2 Å². The van der Waals surface area contributed by atoms with Crippen LogP contribution in [0, 0.1) is 5.82 Å². The van der Waals surface area contributed by atoms with Crippen LogP contribution in [-0.2, 0) is 20.5 Å². The maximum absolute atomic E-state index is 13.3. The van der Waals surface area contributed by atoms with Crippen molar-refractivity contribution in [3.63, 3.8) is 0 Å². The Balaban J connectivity index is 3.06. The quantitative estimate of drug-likeness (QED) is 0.337. The molecule has 1 aromatic carbocycles. The first-order chi connectivity index (χ1) is 8.27. The molecule has 98 valence electrons. The van der Waals surface area contributed by atoms with Crippen LogP contribution in [0.25, 0.3) is 0 Å². The van der Waals surface area contributed by atoms with E-state index in [2.05, 4.69) is 9.47 Å². The lowest BCUT2D eigenvalue weighted by Gasteiger charge is -2.10. The van der Waals surface area contributed by atoms with E-state index in [0.29, 0.717) is 6.07 Å². The molecule has 0 fully saturated rings. The molecular formula is C10H6F4O4. The van der Waals surface area contributed by atoms with Gasteiger partial charge in [0.2, 0.25) is 0 Å². The van der Waals surface area contributed by atoms with E-state index in [-0.39, 0.29) is 0 Å². The van der Waals surface area contributed by atoms with E-state index in [4.69, 9.17) is 0 Å². The smallest absolute Gasteiger partial charge is 0.422 e. The summed E-state index contributed by atoms with van der Waals surface area (Å²) >= 11 is 0. The number of hydrogen-bond donors (Lipinski definition) is 0. The van der Waals surface area contributed by atoms with Gasteiger partial charge in [0.05, 0.1) is 12.7 Å². The van der Waals surface area contributed by atoms with Crippen molar-refractivity contribution in [1.82, 2.24) is 0 Å². The maximum Gasteiger partial charge on any atom is 0.422 e. The number of hydrogen-bond acceptors (Lipinski definition) is 4. The van der Waals surface area contributed by atoms with E-state index < -0.39 is 35.2 Å². The molecule has 0 atom stereocenters. The van der Waals surface area contributed by atoms with Gasteiger partial charge in [0.25, 0.3) is 0 Å². The summed E-state index contributed by atoms with van der Waals surface area (Å²) in [6.45, 7) is 0. The summed E-state index contributed by atoms with van der Waals surface area (Å²) in [6.07, 6.45) is -4.93. The van der Waals surface area contributed by atoms with Gasteiger partial charge in [-0.15, -0.1) is 0 Å². The first kappa shape index (κ1) is 13.9. The summed E-state index contributed by atoms with van der Waals surface area (Å²) in [4.78, 5) is 21.6. The molecule has 0 saturated heterocycles. The van der Waals surface area contributed by atoms with Crippen LogP contribution in [0.5, 0.6) is 5.75 Å². The van der Waals surface area contributed by atoms with Gasteiger partial charge in [0.15, 0.2) is 11.6 Å². The molecule has 18 heavy (non-hydrogen) atoms. The highest BCUT2D eigenvalue weighted by molar-refractivity contribution is 6.30. The fourth-order valence-corrected chi connectivity index (χ4v) is 1.03. The number of ether oxygens (including phenoxy) is 2. The van der Waals surface area contributed by atoms with E-state index >= 15 is 0 Å². The van der Waals surface area contributed by atoms with Gasteiger partial charge in [-0.1, -0.05) is 6.07 Å². The average molecular weight is 266 g/mol. The number of benzene rings is 1. The SMILES string of the molecule is COC(=O)C(=O)Oc1cccc(C(F)(F)F)c1F. The lowest BCUT2D eigenvalue weighted by Crippen LogP contribution is -2.22. The molecule has 0 aliphatic rings. The normalized spacial score (nSPS) is 10.9. The molecule has 4 nitrogen and oxygen atoms in total. The Morgan fingerprint density at radius 3 is 2.28 bits per heavy atom. The lowest BCUT2D eigenvalue weighted by molar-refractivity contribution is -0.160.